The molecule has 2 atom stereocenters. The third-order valence-electron chi connectivity index (χ3n) is 5.26. The first-order valence-corrected chi connectivity index (χ1v) is 11.6. The number of nitrogens with zero attached hydrogens (tertiary/aromatic N) is 1. The number of nitrogens with one attached hydrogen (secondary N) is 1. The van der Waals surface area contributed by atoms with Gasteiger partial charge < -0.3 is 15.1 Å². The Morgan fingerprint density at radius 3 is 2.09 bits per heavy atom. The maximum absolute atomic E-state index is 12.9. The quantitative estimate of drug-likeness (QED) is 0.386. The van der Waals surface area contributed by atoms with Crippen molar-refractivity contribution < 1.29 is 24.6 Å². The molecular formula is C25H28N2O5S. The fraction of sp³-hybridized carbons (Fsp3) is 0.280. The van der Waals surface area contributed by atoms with Gasteiger partial charge in [-0.25, -0.2) is 4.79 Å². The van der Waals surface area contributed by atoms with E-state index in [4.69, 9.17) is 4.84 Å². The lowest BCUT2D eigenvalue weighted by Crippen LogP contribution is -2.33. The van der Waals surface area contributed by atoms with Crippen LogP contribution in [-0.4, -0.2) is 32.1 Å². The summed E-state index contributed by atoms with van der Waals surface area (Å²) in [6, 6.07) is 21.3. The van der Waals surface area contributed by atoms with E-state index in [0.717, 1.165) is 5.56 Å². The molecule has 7 nitrogen and oxygen atoms in total. The van der Waals surface area contributed by atoms with Crippen molar-refractivity contribution in [1.29, 1.82) is 0 Å². The SMILES string of the molecule is CC(C)C(CC(Cc1ccccc1)SNC(=O)c1ccccc1)C(=O)On1c(O)ccc1O. The Balaban J connectivity index is 1.74. The van der Waals surface area contributed by atoms with Crippen molar-refractivity contribution in [3.8, 4) is 11.8 Å². The van der Waals surface area contributed by atoms with Gasteiger partial charge in [-0.3, -0.25) is 9.52 Å². The fourth-order valence-electron chi connectivity index (χ4n) is 3.41. The monoisotopic (exact) mass is 468 g/mol. The second-order valence-electron chi connectivity index (χ2n) is 8.07. The summed E-state index contributed by atoms with van der Waals surface area (Å²) in [7, 11) is 0. The highest BCUT2D eigenvalue weighted by atomic mass is 32.2. The summed E-state index contributed by atoms with van der Waals surface area (Å²) in [5.41, 5.74) is 1.64. The Labute approximate surface area is 197 Å². The zero-order valence-corrected chi connectivity index (χ0v) is 19.4. The Morgan fingerprint density at radius 1 is 0.939 bits per heavy atom. The van der Waals surface area contributed by atoms with Crippen LogP contribution >= 0.6 is 11.9 Å². The number of aromatic hydroxyl groups is 2. The van der Waals surface area contributed by atoms with Crippen LogP contribution in [0.15, 0.2) is 72.8 Å². The summed E-state index contributed by atoms with van der Waals surface area (Å²) in [5.74, 6) is -2.10. The van der Waals surface area contributed by atoms with Gasteiger partial charge in [0.2, 0.25) is 11.8 Å². The summed E-state index contributed by atoms with van der Waals surface area (Å²) >= 11 is 1.28. The van der Waals surface area contributed by atoms with E-state index in [1.807, 2.05) is 50.2 Å². The van der Waals surface area contributed by atoms with Crippen molar-refractivity contribution in [2.75, 3.05) is 0 Å². The van der Waals surface area contributed by atoms with Gasteiger partial charge in [-0.15, -0.1) is 4.73 Å². The molecule has 0 saturated heterocycles. The minimum Gasteiger partial charge on any atom is -0.492 e. The van der Waals surface area contributed by atoms with Crippen LogP contribution in [0, 0.1) is 11.8 Å². The molecule has 2 aromatic carbocycles. The number of carbonyl (C=O) groups excluding carboxylic acids is 2. The maximum Gasteiger partial charge on any atom is 0.336 e. The van der Waals surface area contributed by atoms with Crippen molar-refractivity contribution in [2.24, 2.45) is 11.8 Å². The van der Waals surface area contributed by atoms with Gasteiger partial charge in [0, 0.05) is 22.9 Å². The van der Waals surface area contributed by atoms with Gasteiger partial charge in [-0.1, -0.05) is 62.4 Å². The summed E-state index contributed by atoms with van der Waals surface area (Å²) in [6.07, 6.45) is 1.06. The summed E-state index contributed by atoms with van der Waals surface area (Å²) in [6.45, 7) is 3.82. The number of carbonyl (C=O) groups is 2. The summed E-state index contributed by atoms with van der Waals surface area (Å²) in [5, 5.41) is 19.5. The van der Waals surface area contributed by atoms with E-state index in [-0.39, 0.29) is 28.8 Å². The van der Waals surface area contributed by atoms with Gasteiger partial charge in [-0.2, -0.15) is 0 Å². The Hall–Kier alpha value is -3.39. The predicted octanol–water partition coefficient (Wildman–Crippen LogP) is 4.21. The third kappa shape index (κ3) is 6.79. The number of hydrogen-bond acceptors (Lipinski definition) is 6. The smallest absolute Gasteiger partial charge is 0.336 e. The van der Waals surface area contributed by atoms with Gasteiger partial charge in [0.25, 0.3) is 5.91 Å². The van der Waals surface area contributed by atoms with E-state index in [1.165, 1.54) is 24.1 Å². The van der Waals surface area contributed by atoms with Crippen molar-refractivity contribution in [2.45, 2.75) is 31.9 Å². The number of hydrogen-bond donors (Lipinski definition) is 3. The molecule has 0 saturated carbocycles. The lowest BCUT2D eigenvalue weighted by molar-refractivity contribution is -0.152. The molecule has 0 aliphatic rings. The van der Waals surface area contributed by atoms with Crippen LogP contribution in [0.5, 0.6) is 11.8 Å². The molecule has 1 amide bonds. The largest absolute Gasteiger partial charge is 0.492 e. The number of rotatable bonds is 10. The molecule has 33 heavy (non-hydrogen) atoms. The second kappa shape index (κ2) is 11.5. The van der Waals surface area contributed by atoms with Gasteiger partial charge in [-0.05, 0) is 48.4 Å². The van der Waals surface area contributed by atoms with Crippen LogP contribution in [0.1, 0.15) is 36.2 Å². The average molecular weight is 469 g/mol. The highest BCUT2D eigenvalue weighted by Crippen LogP contribution is 2.28. The average Bonchev–Trinajstić information content (AvgIpc) is 3.13. The minimum absolute atomic E-state index is 0.0685. The molecule has 3 aromatic rings. The first kappa shape index (κ1) is 24.3. The van der Waals surface area contributed by atoms with Gasteiger partial charge in [0.15, 0.2) is 0 Å². The number of amides is 1. The van der Waals surface area contributed by atoms with E-state index in [9.17, 15) is 19.8 Å². The highest BCUT2D eigenvalue weighted by Gasteiger charge is 2.30. The van der Waals surface area contributed by atoms with Gasteiger partial charge in [0.1, 0.15) is 0 Å². The summed E-state index contributed by atoms with van der Waals surface area (Å²) in [4.78, 5) is 30.8. The van der Waals surface area contributed by atoms with E-state index >= 15 is 0 Å². The molecule has 3 N–H and O–H groups in total. The van der Waals surface area contributed by atoms with E-state index < -0.39 is 11.9 Å². The van der Waals surface area contributed by atoms with Crippen LogP contribution in [0.25, 0.3) is 0 Å². The zero-order chi connectivity index (χ0) is 23.8. The summed E-state index contributed by atoms with van der Waals surface area (Å²) < 4.78 is 3.61. The second-order valence-corrected chi connectivity index (χ2v) is 9.17. The van der Waals surface area contributed by atoms with Crippen molar-refractivity contribution in [1.82, 2.24) is 9.45 Å². The normalized spacial score (nSPS) is 12.8. The van der Waals surface area contributed by atoms with Gasteiger partial charge >= 0.3 is 5.97 Å². The van der Waals surface area contributed by atoms with E-state index in [2.05, 4.69) is 4.72 Å². The first-order valence-electron chi connectivity index (χ1n) is 10.7. The predicted molar refractivity (Wildman–Crippen MR) is 128 cm³/mol. The molecule has 8 heteroatoms. The van der Waals surface area contributed by atoms with Gasteiger partial charge in [0.05, 0.1) is 5.92 Å². The molecule has 2 unspecified atom stereocenters. The molecule has 0 spiro atoms. The molecule has 0 bridgehead atoms. The molecule has 0 radical (unpaired) electrons. The van der Waals surface area contributed by atoms with Crippen LogP contribution in [0.3, 0.4) is 0 Å². The van der Waals surface area contributed by atoms with Crippen molar-refractivity contribution in [3.05, 3.63) is 83.9 Å². The Bertz CT molecular complexity index is 1030. The van der Waals surface area contributed by atoms with Crippen LogP contribution in [0.2, 0.25) is 0 Å². The molecule has 0 aliphatic heterocycles. The molecular weight excluding hydrogens is 440 g/mol. The van der Waals surface area contributed by atoms with E-state index in [1.54, 1.807) is 24.3 Å². The lowest BCUT2D eigenvalue weighted by Gasteiger charge is -2.25. The van der Waals surface area contributed by atoms with Crippen LogP contribution in [-0.2, 0) is 11.2 Å². The van der Waals surface area contributed by atoms with Crippen molar-refractivity contribution in [3.63, 3.8) is 0 Å². The Kier molecular flexibility index (Phi) is 8.43. The fourth-order valence-corrected chi connectivity index (χ4v) is 4.38. The molecule has 1 heterocycles. The highest BCUT2D eigenvalue weighted by molar-refractivity contribution is 7.98. The maximum atomic E-state index is 12.9. The molecule has 174 valence electrons. The topological polar surface area (TPSA) is 101 Å². The number of aromatic nitrogens is 1. The first-order chi connectivity index (χ1) is 15.8. The Morgan fingerprint density at radius 2 is 1.52 bits per heavy atom. The minimum atomic E-state index is -0.570. The molecule has 0 aliphatic carbocycles. The van der Waals surface area contributed by atoms with Crippen LogP contribution in [0.4, 0.5) is 0 Å². The van der Waals surface area contributed by atoms with Crippen molar-refractivity contribution >= 4 is 23.8 Å². The molecule has 3 rings (SSSR count). The number of benzene rings is 2. The van der Waals surface area contributed by atoms with Crippen LogP contribution < -0.4 is 9.56 Å². The van der Waals surface area contributed by atoms with E-state index in [0.29, 0.717) is 23.1 Å². The lowest BCUT2D eigenvalue weighted by atomic mass is 9.89. The third-order valence-corrected chi connectivity index (χ3v) is 6.26. The molecule has 1 aromatic heterocycles. The molecule has 0 fully saturated rings. The standard InChI is InChI=1S/C25H28N2O5S/c1-17(2)21(25(31)32-27-22(28)13-14-23(27)29)16-20(15-18-9-5-3-6-10-18)33-26-24(30)19-11-7-4-8-12-19/h3-14,17,20-21,28-29H,15-16H2,1-2H3,(H,26,30). The zero-order valence-electron chi connectivity index (χ0n) is 18.5.